The lowest BCUT2D eigenvalue weighted by molar-refractivity contribution is 0.0636. The Balaban J connectivity index is 0.00000756. The Morgan fingerprint density at radius 1 is 0.396 bits per heavy atom. The molecule has 53 heavy (non-hydrogen) atoms. The molecule has 2 heterocycles. The van der Waals surface area contributed by atoms with Gasteiger partial charge in [-0.15, -0.1) is 12.4 Å². The fourth-order valence-electron chi connectivity index (χ4n) is 6.68. The van der Waals surface area contributed by atoms with Gasteiger partial charge >= 0.3 is 0 Å². The van der Waals surface area contributed by atoms with Crippen LogP contribution in [0.15, 0.2) is 36.4 Å². The van der Waals surface area contributed by atoms with E-state index in [9.17, 15) is 19.2 Å². The van der Waals surface area contributed by atoms with Crippen molar-refractivity contribution in [3.05, 3.63) is 58.7 Å². The fourth-order valence-corrected chi connectivity index (χ4v) is 6.68. The monoisotopic (exact) mass is 754 g/mol. The number of nitrogens with two attached hydrogens (primary N) is 2. The van der Waals surface area contributed by atoms with Crippen molar-refractivity contribution in [1.82, 2.24) is 31.1 Å². The zero-order valence-corrected chi connectivity index (χ0v) is 32.3. The Morgan fingerprint density at radius 3 is 1.00 bits per heavy atom. The molecule has 0 fully saturated rings. The summed E-state index contributed by atoms with van der Waals surface area (Å²) in [4.78, 5) is 55.4. The maximum atomic E-state index is 13.3. The first-order valence-electron chi connectivity index (χ1n) is 19.7. The van der Waals surface area contributed by atoms with Crippen LogP contribution < -0.4 is 32.7 Å². The molecule has 0 atom stereocenters. The van der Waals surface area contributed by atoms with Crippen LogP contribution in [0.4, 0.5) is 0 Å². The van der Waals surface area contributed by atoms with Gasteiger partial charge in [-0.3, -0.25) is 29.0 Å². The number of nitrogens with zero attached hydrogens (tertiary/aromatic N) is 2. The first-order chi connectivity index (χ1) is 25.5. The van der Waals surface area contributed by atoms with Crippen LogP contribution >= 0.6 is 12.4 Å². The van der Waals surface area contributed by atoms with E-state index < -0.39 is 0 Å². The third kappa shape index (κ3) is 13.5. The van der Waals surface area contributed by atoms with Crippen LogP contribution in [0.2, 0.25) is 0 Å². The molecule has 2 aromatic rings. The van der Waals surface area contributed by atoms with Gasteiger partial charge in [-0.1, -0.05) is 12.1 Å². The Hall–Kier alpha value is -3.23. The second-order valence-corrected chi connectivity index (χ2v) is 13.9. The minimum Gasteiger partial charge on any atom is -0.330 e. The maximum absolute atomic E-state index is 13.3. The Bertz CT molecular complexity index is 1350. The number of fused-ring (bicyclic) bond motifs is 2. The van der Waals surface area contributed by atoms with E-state index in [2.05, 4.69) is 21.3 Å². The number of rotatable bonds is 29. The molecule has 0 unspecified atom stereocenters. The summed E-state index contributed by atoms with van der Waals surface area (Å²) in [5, 5.41) is 13.8. The largest absolute Gasteiger partial charge is 0.330 e. The highest BCUT2D eigenvalue weighted by atomic mass is 35.5. The van der Waals surface area contributed by atoms with E-state index in [0.29, 0.717) is 35.3 Å². The predicted molar refractivity (Wildman–Crippen MR) is 215 cm³/mol. The van der Waals surface area contributed by atoms with Gasteiger partial charge in [-0.05, 0) is 178 Å². The normalized spacial score (nSPS) is 13.6. The molecule has 2 aliphatic rings. The second kappa shape index (κ2) is 25.0. The minimum atomic E-state index is -0.284. The summed E-state index contributed by atoms with van der Waals surface area (Å²) in [6, 6.07) is 10.5. The van der Waals surface area contributed by atoms with Crippen LogP contribution in [0.1, 0.15) is 118 Å². The SMILES string of the molecule is Cl.NCCCCNCCCCNCCCCN1C(=O)c2ccc(-c3ccc4c(c3)C(=O)N(CCCCNCCCCNCCCCN)C4=O)cc2C1=O. The molecular formula is C40H63ClN8O4. The molecule has 0 saturated heterocycles. The number of unbranched alkanes of at least 4 members (excludes halogenated alkanes) is 6. The lowest BCUT2D eigenvalue weighted by Crippen LogP contribution is -2.31. The number of nitrogens with one attached hydrogen (secondary N) is 4. The van der Waals surface area contributed by atoms with Crippen LogP contribution in [-0.2, 0) is 0 Å². The Morgan fingerprint density at radius 2 is 0.679 bits per heavy atom. The number of carbonyl (C=O) groups excluding carboxylic acids is 4. The van der Waals surface area contributed by atoms with Gasteiger partial charge in [0.2, 0.25) is 0 Å². The number of benzene rings is 2. The van der Waals surface area contributed by atoms with E-state index in [-0.39, 0.29) is 36.0 Å². The number of imide groups is 2. The fraction of sp³-hybridized carbons (Fsp3) is 0.600. The molecular weight excluding hydrogens is 692 g/mol. The summed E-state index contributed by atoms with van der Waals surface area (Å²) >= 11 is 0. The molecule has 13 heteroatoms. The third-order valence-corrected chi connectivity index (χ3v) is 9.77. The van der Waals surface area contributed by atoms with Crippen molar-refractivity contribution in [2.24, 2.45) is 11.5 Å². The average molecular weight is 755 g/mol. The maximum Gasteiger partial charge on any atom is 0.261 e. The minimum absolute atomic E-state index is 0. The van der Waals surface area contributed by atoms with Gasteiger partial charge in [-0.25, -0.2) is 0 Å². The first kappa shape index (κ1) is 44.2. The topological polar surface area (TPSA) is 175 Å². The third-order valence-electron chi connectivity index (χ3n) is 9.77. The number of halogens is 1. The van der Waals surface area contributed by atoms with Crippen molar-refractivity contribution in [3.63, 3.8) is 0 Å². The van der Waals surface area contributed by atoms with Gasteiger partial charge in [0.15, 0.2) is 0 Å². The molecule has 0 radical (unpaired) electrons. The lowest BCUT2D eigenvalue weighted by Gasteiger charge is -2.13. The van der Waals surface area contributed by atoms with E-state index in [1.807, 2.05) is 0 Å². The Labute approximate surface area is 322 Å². The summed E-state index contributed by atoms with van der Waals surface area (Å²) < 4.78 is 0. The van der Waals surface area contributed by atoms with Crippen molar-refractivity contribution >= 4 is 36.0 Å². The molecule has 0 spiro atoms. The van der Waals surface area contributed by atoms with Crippen molar-refractivity contribution in [2.75, 3.05) is 78.5 Å². The van der Waals surface area contributed by atoms with Crippen LogP contribution in [-0.4, -0.2) is 112 Å². The molecule has 0 aromatic heterocycles. The van der Waals surface area contributed by atoms with Crippen LogP contribution in [0.25, 0.3) is 11.1 Å². The van der Waals surface area contributed by atoms with E-state index in [1.54, 1.807) is 36.4 Å². The highest BCUT2D eigenvalue weighted by Crippen LogP contribution is 2.32. The summed E-state index contributed by atoms with van der Waals surface area (Å²) in [6.07, 6.45) is 12.0. The molecule has 2 aromatic carbocycles. The number of hydrogen-bond acceptors (Lipinski definition) is 10. The molecule has 12 nitrogen and oxygen atoms in total. The molecule has 8 N–H and O–H groups in total. The predicted octanol–water partition coefficient (Wildman–Crippen LogP) is 3.92. The van der Waals surface area contributed by atoms with Crippen molar-refractivity contribution in [3.8, 4) is 11.1 Å². The molecule has 0 saturated carbocycles. The van der Waals surface area contributed by atoms with E-state index in [1.165, 1.54) is 9.80 Å². The van der Waals surface area contributed by atoms with Crippen molar-refractivity contribution in [1.29, 1.82) is 0 Å². The average Bonchev–Trinajstić information content (AvgIpc) is 3.54. The van der Waals surface area contributed by atoms with Gasteiger partial charge in [0, 0.05) is 13.1 Å². The number of carbonyl (C=O) groups is 4. The van der Waals surface area contributed by atoms with Gasteiger partial charge < -0.3 is 32.7 Å². The van der Waals surface area contributed by atoms with Gasteiger partial charge in [0.05, 0.1) is 22.3 Å². The van der Waals surface area contributed by atoms with E-state index in [0.717, 1.165) is 154 Å². The van der Waals surface area contributed by atoms with Crippen molar-refractivity contribution < 1.29 is 19.2 Å². The summed E-state index contributed by atoms with van der Waals surface area (Å²) in [5.74, 6) is -1.09. The molecule has 4 amide bonds. The van der Waals surface area contributed by atoms with Gasteiger partial charge in [0.1, 0.15) is 0 Å². The van der Waals surface area contributed by atoms with E-state index in [4.69, 9.17) is 11.5 Å². The van der Waals surface area contributed by atoms with Crippen molar-refractivity contribution in [2.45, 2.75) is 77.0 Å². The zero-order chi connectivity index (χ0) is 37.0. The zero-order valence-electron chi connectivity index (χ0n) is 31.5. The first-order valence-corrected chi connectivity index (χ1v) is 19.7. The van der Waals surface area contributed by atoms with Gasteiger partial charge in [-0.2, -0.15) is 0 Å². The highest BCUT2D eigenvalue weighted by Gasteiger charge is 2.37. The molecule has 294 valence electrons. The van der Waals surface area contributed by atoms with E-state index >= 15 is 0 Å². The number of amides is 4. The lowest BCUT2D eigenvalue weighted by atomic mass is 9.97. The molecule has 0 bridgehead atoms. The van der Waals surface area contributed by atoms with Gasteiger partial charge in [0.25, 0.3) is 23.6 Å². The van der Waals surface area contributed by atoms with Crippen LogP contribution in [0.5, 0.6) is 0 Å². The summed E-state index contributed by atoms with van der Waals surface area (Å²) in [5.41, 5.74) is 14.1. The Kier molecular flexibility index (Phi) is 20.8. The van der Waals surface area contributed by atoms with Crippen LogP contribution in [0, 0.1) is 0 Å². The summed E-state index contributed by atoms with van der Waals surface area (Å²) in [6.45, 7) is 9.95. The second-order valence-electron chi connectivity index (χ2n) is 13.9. The molecule has 4 rings (SSSR count). The smallest absolute Gasteiger partial charge is 0.261 e. The molecule has 2 aliphatic heterocycles. The highest BCUT2D eigenvalue weighted by molar-refractivity contribution is 6.23. The standard InChI is InChI=1S/C40H62N8O4.ClH/c41-17-1-3-19-43-21-5-7-23-45-25-9-11-27-47-37(49)33-15-13-31(29-35(33)39(47)51)32-14-16-34-36(30-32)40(52)48(38(34)50)28-12-10-26-46-24-8-6-22-44-20-4-2-18-42;/h13-16,29-30,43-46H,1-12,17-28,41-42H2;1H. The van der Waals surface area contributed by atoms with Crippen LogP contribution in [0.3, 0.4) is 0 Å². The summed E-state index contributed by atoms with van der Waals surface area (Å²) in [7, 11) is 0. The number of hydrogen-bond donors (Lipinski definition) is 6. The molecule has 0 aliphatic carbocycles. The quantitative estimate of drug-likeness (QED) is 0.0528.